The molecule has 17 heavy (non-hydrogen) atoms. The number of methoxy groups -OCH3 is 1. The number of benzene rings is 1. The minimum absolute atomic E-state index is 0.00542. The van der Waals surface area contributed by atoms with Gasteiger partial charge in [0, 0.05) is 26.2 Å². The van der Waals surface area contributed by atoms with Crippen molar-refractivity contribution < 1.29 is 9.13 Å². The van der Waals surface area contributed by atoms with Crippen LogP contribution in [0, 0.1) is 0 Å². The Balaban J connectivity index is 1.98. The number of nitrogens with zero attached hydrogens (tertiary/aromatic N) is 1. The highest BCUT2D eigenvalue weighted by molar-refractivity contribution is 5.27. The zero-order valence-corrected chi connectivity index (χ0v) is 10.2. The molecule has 1 heterocycles. The number of hydrogen-bond acceptors (Lipinski definition) is 3. The normalized spacial score (nSPS) is 21.4. The zero-order valence-electron chi connectivity index (χ0n) is 10.2. The van der Waals surface area contributed by atoms with Gasteiger partial charge in [-0.3, -0.25) is 4.90 Å². The zero-order chi connectivity index (χ0) is 12.1. The van der Waals surface area contributed by atoms with E-state index in [1.165, 1.54) is 5.56 Å². The van der Waals surface area contributed by atoms with Crippen LogP contribution in [0.5, 0.6) is 5.75 Å². The molecule has 4 heteroatoms. The number of nitrogens with one attached hydrogen (secondary N) is 1. The molecule has 0 aromatic heterocycles. The third-order valence-electron chi connectivity index (χ3n) is 3.19. The predicted octanol–water partition coefficient (Wildman–Crippen LogP) is 1.44. The van der Waals surface area contributed by atoms with Crippen LogP contribution in [0.25, 0.3) is 0 Å². The van der Waals surface area contributed by atoms with E-state index in [9.17, 15) is 4.39 Å². The van der Waals surface area contributed by atoms with Crippen molar-refractivity contribution in [3.63, 3.8) is 0 Å². The highest BCUT2D eigenvalue weighted by Crippen LogP contribution is 2.15. The predicted molar refractivity (Wildman–Crippen MR) is 66.0 cm³/mol. The van der Waals surface area contributed by atoms with Crippen molar-refractivity contribution in [3.8, 4) is 5.75 Å². The Hall–Kier alpha value is -1.13. The highest BCUT2D eigenvalue weighted by atomic mass is 19.1. The summed E-state index contributed by atoms with van der Waals surface area (Å²) in [6.45, 7) is 3.10. The van der Waals surface area contributed by atoms with Gasteiger partial charge in [0.1, 0.15) is 12.4 Å². The van der Waals surface area contributed by atoms with E-state index in [4.69, 9.17) is 4.74 Å². The summed E-state index contributed by atoms with van der Waals surface area (Å²) >= 11 is 0. The number of ether oxygens (including phenoxy) is 1. The molecule has 0 unspecified atom stereocenters. The largest absolute Gasteiger partial charge is 0.497 e. The third-order valence-corrected chi connectivity index (χ3v) is 3.19. The fourth-order valence-electron chi connectivity index (χ4n) is 2.13. The van der Waals surface area contributed by atoms with Gasteiger partial charge in [0.05, 0.1) is 13.2 Å². The van der Waals surface area contributed by atoms with Gasteiger partial charge < -0.3 is 10.1 Å². The van der Waals surface area contributed by atoms with E-state index in [2.05, 4.69) is 10.2 Å². The van der Waals surface area contributed by atoms with Crippen molar-refractivity contribution >= 4 is 0 Å². The molecule has 1 aromatic carbocycles. The molecule has 3 nitrogen and oxygen atoms in total. The maximum atomic E-state index is 12.8. The van der Waals surface area contributed by atoms with Gasteiger partial charge >= 0.3 is 0 Å². The molecule has 1 aliphatic heterocycles. The van der Waals surface area contributed by atoms with Gasteiger partial charge in [-0.15, -0.1) is 0 Å². The molecule has 0 saturated carbocycles. The first-order chi connectivity index (χ1) is 8.33. The van der Waals surface area contributed by atoms with Crippen LogP contribution in [-0.2, 0) is 6.54 Å². The van der Waals surface area contributed by atoms with Crippen LogP contribution in [0.3, 0.4) is 0 Å². The molecule has 1 aromatic rings. The molecular formula is C13H19FN2O. The fraction of sp³-hybridized carbons (Fsp3) is 0.538. The van der Waals surface area contributed by atoms with Crippen LogP contribution in [0.15, 0.2) is 24.3 Å². The minimum Gasteiger partial charge on any atom is -0.497 e. The standard InChI is InChI=1S/C13H19FN2O/c1-17-13-4-2-11(3-5-13)10-16-7-6-15-9-12(16)8-14/h2-5,12,15H,6-10H2,1H3/t12-/m1/s1. The average Bonchev–Trinajstić information content (AvgIpc) is 2.40. The lowest BCUT2D eigenvalue weighted by Gasteiger charge is -2.34. The third kappa shape index (κ3) is 3.17. The van der Waals surface area contributed by atoms with E-state index < -0.39 is 0 Å². The summed E-state index contributed by atoms with van der Waals surface area (Å²) in [5, 5.41) is 3.22. The van der Waals surface area contributed by atoms with E-state index in [1.807, 2.05) is 24.3 Å². The van der Waals surface area contributed by atoms with Gasteiger partial charge in [0.15, 0.2) is 0 Å². The summed E-state index contributed by atoms with van der Waals surface area (Å²) < 4.78 is 18.0. The maximum absolute atomic E-state index is 12.8. The highest BCUT2D eigenvalue weighted by Gasteiger charge is 2.21. The van der Waals surface area contributed by atoms with Crippen LogP contribution in [0.2, 0.25) is 0 Å². The summed E-state index contributed by atoms with van der Waals surface area (Å²) in [6, 6.07) is 7.97. The molecule has 0 bridgehead atoms. The molecule has 0 amide bonds. The molecule has 1 saturated heterocycles. The Morgan fingerprint density at radius 2 is 2.18 bits per heavy atom. The molecular weight excluding hydrogens is 219 g/mol. The molecule has 0 aliphatic carbocycles. The fourth-order valence-corrected chi connectivity index (χ4v) is 2.13. The van der Waals surface area contributed by atoms with Gasteiger partial charge in [-0.2, -0.15) is 0 Å². The molecule has 1 atom stereocenters. The first kappa shape index (κ1) is 12.3. The molecule has 0 spiro atoms. The van der Waals surface area contributed by atoms with Crippen LogP contribution in [0.1, 0.15) is 5.56 Å². The Kier molecular flexibility index (Phi) is 4.34. The van der Waals surface area contributed by atoms with Gasteiger partial charge in [0.2, 0.25) is 0 Å². The summed E-state index contributed by atoms with van der Waals surface area (Å²) in [7, 11) is 1.66. The van der Waals surface area contributed by atoms with E-state index in [-0.39, 0.29) is 12.7 Å². The van der Waals surface area contributed by atoms with Crippen LogP contribution in [0.4, 0.5) is 4.39 Å². The molecule has 1 aliphatic rings. The lowest BCUT2D eigenvalue weighted by Crippen LogP contribution is -2.51. The number of rotatable bonds is 4. The SMILES string of the molecule is COc1ccc(CN2CCNC[C@H]2CF)cc1. The Bertz CT molecular complexity index is 342. The van der Waals surface area contributed by atoms with Gasteiger partial charge in [-0.25, -0.2) is 4.39 Å². The van der Waals surface area contributed by atoms with Gasteiger partial charge in [-0.1, -0.05) is 12.1 Å². The summed E-state index contributed by atoms with van der Waals surface area (Å²) in [5.74, 6) is 0.858. The first-order valence-electron chi connectivity index (χ1n) is 5.97. The monoisotopic (exact) mass is 238 g/mol. The van der Waals surface area contributed by atoms with Crippen molar-refractivity contribution in [1.82, 2.24) is 10.2 Å². The van der Waals surface area contributed by atoms with E-state index in [0.717, 1.165) is 31.9 Å². The quantitative estimate of drug-likeness (QED) is 0.859. The van der Waals surface area contributed by atoms with Gasteiger partial charge in [-0.05, 0) is 17.7 Å². The van der Waals surface area contributed by atoms with Gasteiger partial charge in [0.25, 0.3) is 0 Å². The van der Waals surface area contributed by atoms with E-state index in [0.29, 0.717) is 0 Å². The van der Waals surface area contributed by atoms with Crippen molar-refractivity contribution in [1.29, 1.82) is 0 Å². The van der Waals surface area contributed by atoms with E-state index in [1.54, 1.807) is 7.11 Å². The second kappa shape index (κ2) is 5.98. The minimum atomic E-state index is -0.289. The maximum Gasteiger partial charge on any atom is 0.118 e. The summed E-state index contributed by atoms with van der Waals surface area (Å²) in [6.07, 6.45) is 0. The molecule has 1 fully saturated rings. The number of piperazine rings is 1. The Morgan fingerprint density at radius 1 is 1.41 bits per heavy atom. The molecule has 1 N–H and O–H groups in total. The van der Waals surface area contributed by atoms with Crippen molar-refractivity contribution in [2.75, 3.05) is 33.4 Å². The van der Waals surface area contributed by atoms with Crippen LogP contribution >= 0.6 is 0 Å². The Labute approximate surface area is 102 Å². The van der Waals surface area contributed by atoms with Crippen molar-refractivity contribution in [2.24, 2.45) is 0 Å². The Morgan fingerprint density at radius 3 is 2.82 bits per heavy atom. The number of halogens is 1. The molecule has 0 radical (unpaired) electrons. The smallest absolute Gasteiger partial charge is 0.118 e. The van der Waals surface area contributed by atoms with E-state index >= 15 is 0 Å². The van der Waals surface area contributed by atoms with Crippen molar-refractivity contribution in [2.45, 2.75) is 12.6 Å². The second-order valence-electron chi connectivity index (χ2n) is 4.33. The lowest BCUT2D eigenvalue weighted by atomic mass is 10.1. The first-order valence-corrected chi connectivity index (χ1v) is 5.97. The average molecular weight is 238 g/mol. The lowest BCUT2D eigenvalue weighted by molar-refractivity contribution is 0.128. The molecule has 94 valence electrons. The summed E-state index contributed by atoms with van der Waals surface area (Å²) in [4.78, 5) is 2.19. The molecule has 2 rings (SSSR count). The summed E-state index contributed by atoms with van der Waals surface area (Å²) in [5.41, 5.74) is 1.20. The van der Waals surface area contributed by atoms with Crippen LogP contribution in [-0.4, -0.2) is 44.4 Å². The number of alkyl halides is 1. The second-order valence-corrected chi connectivity index (χ2v) is 4.33. The van der Waals surface area contributed by atoms with Crippen molar-refractivity contribution in [3.05, 3.63) is 29.8 Å². The number of hydrogen-bond donors (Lipinski definition) is 1. The topological polar surface area (TPSA) is 24.5 Å². The van der Waals surface area contributed by atoms with Crippen LogP contribution < -0.4 is 10.1 Å².